The SMILES string of the molecule is CCOC(=O)C(CC1CCC(OCC2CN(C)C3CCCCC3O2)CC1)OCC. The molecular weight excluding hydrogens is 370 g/mol. The van der Waals surface area contributed by atoms with Gasteiger partial charge < -0.3 is 18.9 Å². The lowest BCUT2D eigenvalue weighted by Gasteiger charge is -2.45. The average Bonchev–Trinajstić information content (AvgIpc) is 2.73. The molecule has 0 amide bonds. The monoisotopic (exact) mass is 411 g/mol. The number of hydrogen-bond acceptors (Lipinski definition) is 6. The van der Waals surface area contributed by atoms with Crippen LogP contribution in [0.4, 0.5) is 0 Å². The minimum Gasteiger partial charge on any atom is -0.464 e. The summed E-state index contributed by atoms with van der Waals surface area (Å²) in [6.07, 6.45) is 10.6. The number of fused-ring (bicyclic) bond motifs is 1. The largest absolute Gasteiger partial charge is 0.464 e. The molecule has 0 N–H and O–H groups in total. The van der Waals surface area contributed by atoms with Crippen molar-refractivity contribution in [2.24, 2.45) is 5.92 Å². The highest BCUT2D eigenvalue weighted by Crippen LogP contribution is 2.32. The van der Waals surface area contributed by atoms with Crippen molar-refractivity contribution in [2.45, 2.75) is 102 Å². The van der Waals surface area contributed by atoms with E-state index in [0.717, 1.165) is 38.6 Å². The van der Waals surface area contributed by atoms with Gasteiger partial charge in [-0.15, -0.1) is 0 Å². The van der Waals surface area contributed by atoms with Gasteiger partial charge >= 0.3 is 5.97 Å². The third-order valence-electron chi connectivity index (χ3n) is 6.87. The second-order valence-corrected chi connectivity index (χ2v) is 9.00. The molecule has 3 fully saturated rings. The fourth-order valence-electron chi connectivity index (χ4n) is 5.33. The first-order valence-corrected chi connectivity index (χ1v) is 11.9. The lowest BCUT2D eigenvalue weighted by molar-refractivity contribution is -0.159. The van der Waals surface area contributed by atoms with Crippen molar-refractivity contribution in [1.82, 2.24) is 4.90 Å². The molecule has 2 saturated carbocycles. The zero-order chi connectivity index (χ0) is 20.6. The highest BCUT2D eigenvalue weighted by Gasteiger charge is 2.37. The Morgan fingerprint density at radius 2 is 1.83 bits per heavy atom. The topological polar surface area (TPSA) is 57.2 Å². The van der Waals surface area contributed by atoms with Crippen LogP contribution in [0.3, 0.4) is 0 Å². The van der Waals surface area contributed by atoms with Gasteiger partial charge in [0.25, 0.3) is 0 Å². The third-order valence-corrected chi connectivity index (χ3v) is 6.87. The molecule has 1 saturated heterocycles. The molecule has 0 spiro atoms. The molecule has 0 aromatic heterocycles. The summed E-state index contributed by atoms with van der Waals surface area (Å²) in [5.74, 6) is 0.295. The summed E-state index contributed by atoms with van der Waals surface area (Å²) in [4.78, 5) is 14.6. The van der Waals surface area contributed by atoms with Crippen LogP contribution in [0.15, 0.2) is 0 Å². The summed E-state index contributed by atoms with van der Waals surface area (Å²) in [6, 6.07) is 0.605. The summed E-state index contributed by atoms with van der Waals surface area (Å²) in [5.41, 5.74) is 0. The highest BCUT2D eigenvalue weighted by atomic mass is 16.6. The van der Waals surface area contributed by atoms with Crippen LogP contribution in [-0.2, 0) is 23.7 Å². The Labute approximate surface area is 176 Å². The van der Waals surface area contributed by atoms with E-state index in [1.54, 1.807) is 0 Å². The highest BCUT2D eigenvalue weighted by molar-refractivity contribution is 5.74. The summed E-state index contributed by atoms with van der Waals surface area (Å²) in [7, 11) is 2.24. The Hall–Kier alpha value is -0.690. The van der Waals surface area contributed by atoms with Gasteiger partial charge in [-0.25, -0.2) is 4.79 Å². The van der Waals surface area contributed by atoms with E-state index in [2.05, 4.69) is 11.9 Å². The molecule has 1 heterocycles. The predicted octanol–water partition coefficient (Wildman–Crippen LogP) is 3.56. The number of carbonyl (C=O) groups is 1. The van der Waals surface area contributed by atoms with Gasteiger partial charge in [0.1, 0.15) is 0 Å². The molecule has 168 valence electrons. The second-order valence-electron chi connectivity index (χ2n) is 9.00. The number of morpholine rings is 1. The van der Waals surface area contributed by atoms with Crippen molar-refractivity contribution in [3.8, 4) is 0 Å². The molecule has 2 aliphatic carbocycles. The van der Waals surface area contributed by atoms with Crippen molar-refractivity contribution in [2.75, 3.05) is 33.4 Å². The normalized spacial score (nSPS) is 34.4. The number of carbonyl (C=O) groups excluding carboxylic acids is 1. The van der Waals surface area contributed by atoms with Crippen molar-refractivity contribution in [3.63, 3.8) is 0 Å². The van der Waals surface area contributed by atoms with Gasteiger partial charge in [0.15, 0.2) is 6.10 Å². The van der Waals surface area contributed by atoms with Crippen LogP contribution in [0.25, 0.3) is 0 Å². The van der Waals surface area contributed by atoms with E-state index in [0.29, 0.717) is 44.0 Å². The van der Waals surface area contributed by atoms with Crippen LogP contribution < -0.4 is 0 Å². The molecule has 0 radical (unpaired) electrons. The van der Waals surface area contributed by atoms with Gasteiger partial charge in [0.2, 0.25) is 0 Å². The Morgan fingerprint density at radius 3 is 2.55 bits per heavy atom. The summed E-state index contributed by atoms with van der Waals surface area (Å²) in [5, 5.41) is 0. The van der Waals surface area contributed by atoms with E-state index in [-0.39, 0.29) is 12.1 Å². The number of nitrogens with zero attached hydrogens (tertiary/aromatic N) is 1. The van der Waals surface area contributed by atoms with Crippen LogP contribution in [0.5, 0.6) is 0 Å². The number of rotatable bonds is 9. The number of hydrogen-bond donors (Lipinski definition) is 0. The molecule has 0 aromatic rings. The van der Waals surface area contributed by atoms with E-state index in [4.69, 9.17) is 18.9 Å². The fraction of sp³-hybridized carbons (Fsp3) is 0.957. The first-order valence-electron chi connectivity index (χ1n) is 11.9. The van der Waals surface area contributed by atoms with E-state index in [9.17, 15) is 4.79 Å². The first-order chi connectivity index (χ1) is 14.1. The van der Waals surface area contributed by atoms with Crippen LogP contribution in [0.2, 0.25) is 0 Å². The average molecular weight is 412 g/mol. The van der Waals surface area contributed by atoms with Crippen LogP contribution in [0, 0.1) is 5.92 Å². The molecule has 1 aliphatic heterocycles. The smallest absolute Gasteiger partial charge is 0.335 e. The van der Waals surface area contributed by atoms with E-state index < -0.39 is 6.10 Å². The molecule has 0 bridgehead atoms. The molecule has 3 rings (SSSR count). The van der Waals surface area contributed by atoms with Crippen LogP contribution in [0.1, 0.15) is 71.6 Å². The molecule has 29 heavy (non-hydrogen) atoms. The minimum absolute atomic E-state index is 0.197. The van der Waals surface area contributed by atoms with Gasteiger partial charge in [-0.3, -0.25) is 4.90 Å². The third kappa shape index (κ3) is 6.65. The lowest BCUT2D eigenvalue weighted by Crippen LogP contribution is -2.55. The number of likely N-dealkylation sites (N-methyl/N-ethyl adjacent to an activating group) is 1. The van der Waals surface area contributed by atoms with Gasteiger partial charge in [-0.2, -0.15) is 0 Å². The Bertz CT molecular complexity index is 494. The maximum Gasteiger partial charge on any atom is 0.335 e. The van der Waals surface area contributed by atoms with E-state index in [1.807, 2.05) is 13.8 Å². The molecular formula is C23H41NO5. The zero-order valence-corrected chi connectivity index (χ0v) is 18.6. The van der Waals surface area contributed by atoms with Crippen molar-refractivity contribution in [1.29, 1.82) is 0 Å². The van der Waals surface area contributed by atoms with Gasteiger partial charge in [0.05, 0.1) is 31.5 Å². The van der Waals surface area contributed by atoms with Gasteiger partial charge in [0, 0.05) is 19.2 Å². The maximum atomic E-state index is 12.1. The first kappa shape index (κ1) is 23.0. The standard InChI is InChI=1S/C23H41NO5/c1-4-26-22(23(25)27-5-2)14-17-10-12-18(13-11-17)28-16-19-15-24(3)20-8-6-7-9-21(20)29-19/h17-22H,4-16H2,1-3H3. The quantitative estimate of drug-likeness (QED) is 0.541. The lowest BCUT2D eigenvalue weighted by atomic mass is 9.84. The molecule has 4 unspecified atom stereocenters. The van der Waals surface area contributed by atoms with Crippen molar-refractivity contribution in [3.05, 3.63) is 0 Å². The Kier molecular flexibility index (Phi) is 9.22. The minimum atomic E-state index is -0.419. The maximum absolute atomic E-state index is 12.1. The summed E-state index contributed by atoms with van der Waals surface area (Å²) < 4.78 is 23.4. The van der Waals surface area contributed by atoms with Gasteiger partial charge in [-0.1, -0.05) is 12.8 Å². The zero-order valence-electron chi connectivity index (χ0n) is 18.6. The van der Waals surface area contributed by atoms with Crippen molar-refractivity contribution >= 4 is 5.97 Å². The van der Waals surface area contributed by atoms with Crippen LogP contribution in [-0.4, -0.2) is 74.7 Å². The van der Waals surface area contributed by atoms with Crippen molar-refractivity contribution < 1.29 is 23.7 Å². The summed E-state index contributed by atoms with van der Waals surface area (Å²) in [6.45, 7) is 6.39. The number of esters is 1. The fourth-order valence-corrected chi connectivity index (χ4v) is 5.33. The Balaban J connectivity index is 1.37. The van der Waals surface area contributed by atoms with Gasteiger partial charge in [-0.05, 0) is 71.8 Å². The second kappa shape index (κ2) is 11.6. The molecule has 3 aliphatic rings. The number of ether oxygens (including phenoxy) is 4. The molecule has 6 nitrogen and oxygen atoms in total. The van der Waals surface area contributed by atoms with Crippen LogP contribution >= 0.6 is 0 Å². The predicted molar refractivity (Wildman–Crippen MR) is 112 cm³/mol. The molecule has 4 atom stereocenters. The molecule has 0 aromatic carbocycles. The van der Waals surface area contributed by atoms with E-state index >= 15 is 0 Å². The molecule has 6 heteroatoms. The Morgan fingerprint density at radius 1 is 1.07 bits per heavy atom. The summed E-state index contributed by atoms with van der Waals surface area (Å²) >= 11 is 0. The van der Waals surface area contributed by atoms with E-state index in [1.165, 1.54) is 25.7 Å².